The highest BCUT2D eigenvalue weighted by Crippen LogP contribution is 2.18. The molecule has 9 nitrogen and oxygen atoms in total. The van der Waals surface area contributed by atoms with Crippen LogP contribution in [0.5, 0.6) is 0 Å². The zero-order chi connectivity index (χ0) is 17.6. The van der Waals surface area contributed by atoms with Crippen LogP contribution in [0.1, 0.15) is 6.92 Å². The van der Waals surface area contributed by atoms with Crippen molar-refractivity contribution in [3.8, 4) is 0 Å². The third-order valence-corrected chi connectivity index (χ3v) is 4.07. The van der Waals surface area contributed by atoms with Crippen molar-refractivity contribution in [3.63, 3.8) is 0 Å². The number of ether oxygens (including phenoxy) is 1. The van der Waals surface area contributed by atoms with Crippen molar-refractivity contribution in [1.82, 2.24) is 4.13 Å². The first kappa shape index (κ1) is 20.8. The van der Waals surface area contributed by atoms with E-state index in [9.17, 15) is 34.8 Å². The predicted molar refractivity (Wildman–Crippen MR) is 64.7 cm³/mol. The van der Waals surface area contributed by atoms with Gasteiger partial charge in [-0.1, -0.05) is 10.7 Å². The van der Waals surface area contributed by atoms with Gasteiger partial charge in [-0.25, -0.2) is 9.18 Å². The van der Waals surface area contributed by atoms with Crippen molar-refractivity contribution in [2.75, 3.05) is 19.9 Å². The van der Waals surface area contributed by atoms with Crippen molar-refractivity contribution in [1.29, 1.82) is 0 Å². The fourth-order valence-corrected chi connectivity index (χ4v) is 2.73. The quantitative estimate of drug-likeness (QED) is 0.317. The topological polar surface area (TPSA) is 125 Å². The van der Waals surface area contributed by atoms with Gasteiger partial charge in [0.25, 0.3) is 0 Å². The number of alkyl halides is 3. The number of nitrogens with one attached hydrogen (secondary N) is 1. The lowest BCUT2D eigenvalue weighted by atomic mass is 10.4. The SMILES string of the molecule is C=C(C)C(=O)OCCOS(=O)(=O)NS(=O)(=O)OC(F)(F)CF. The average Bonchev–Trinajstić information content (AvgIpc) is 2.31. The molecule has 0 aromatic heterocycles. The summed E-state index contributed by atoms with van der Waals surface area (Å²) in [5.74, 6) is -0.854. The van der Waals surface area contributed by atoms with Crippen LogP contribution in [0, 0.1) is 0 Å². The van der Waals surface area contributed by atoms with Crippen molar-refractivity contribution in [3.05, 3.63) is 12.2 Å². The van der Waals surface area contributed by atoms with Gasteiger partial charge in [-0.05, 0) is 6.92 Å². The summed E-state index contributed by atoms with van der Waals surface area (Å²) in [4.78, 5) is 10.9. The molecule has 0 aliphatic carbocycles. The molecule has 0 radical (unpaired) electrons. The highest BCUT2D eigenvalue weighted by molar-refractivity contribution is 8.00. The van der Waals surface area contributed by atoms with E-state index in [1.165, 1.54) is 6.92 Å². The summed E-state index contributed by atoms with van der Waals surface area (Å²) < 4.78 is 92.6. The number of hydrogen-bond donors (Lipinski definition) is 1. The lowest BCUT2D eigenvalue weighted by molar-refractivity contribution is -0.183. The zero-order valence-electron chi connectivity index (χ0n) is 11.0. The third kappa shape index (κ3) is 8.93. The average molecular weight is 371 g/mol. The summed E-state index contributed by atoms with van der Waals surface area (Å²) in [6.07, 6.45) is -4.74. The van der Waals surface area contributed by atoms with Crippen LogP contribution >= 0.6 is 0 Å². The first-order valence-electron chi connectivity index (χ1n) is 5.20. The van der Waals surface area contributed by atoms with Crippen LogP contribution in [0.15, 0.2) is 12.2 Å². The Morgan fingerprint density at radius 1 is 1.18 bits per heavy atom. The Kier molecular flexibility index (Phi) is 7.43. The molecule has 130 valence electrons. The molecule has 0 unspecified atom stereocenters. The zero-order valence-corrected chi connectivity index (χ0v) is 12.7. The van der Waals surface area contributed by atoms with Gasteiger partial charge in [0, 0.05) is 5.57 Å². The third-order valence-electron chi connectivity index (χ3n) is 1.49. The minimum absolute atomic E-state index is 0.0189. The Balaban J connectivity index is 4.47. The molecule has 0 aliphatic heterocycles. The van der Waals surface area contributed by atoms with E-state index in [4.69, 9.17) is 0 Å². The Morgan fingerprint density at radius 3 is 2.18 bits per heavy atom. The van der Waals surface area contributed by atoms with Gasteiger partial charge < -0.3 is 4.74 Å². The van der Waals surface area contributed by atoms with E-state index in [1.807, 2.05) is 0 Å². The molecule has 0 aliphatic rings. The van der Waals surface area contributed by atoms with Crippen LogP contribution in [0.25, 0.3) is 0 Å². The summed E-state index contributed by atoms with van der Waals surface area (Å²) in [5, 5.41) is 0. The van der Waals surface area contributed by atoms with Crippen molar-refractivity contribution < 1.29 is 47.9 Å². The molecule has 0 aromatic rings. The molecule has 0 saturated heterocycles. The number of carbonyl (C=O) groups excluding carboxylic acids is 1. The van der Waals surface area contributed by atoms with Crippen LogP contribution < -0.4 is 4.13 Å². The molecule has 22 heavy (non-hydrogen) atoms. The van der Waals surface area contributed by atoms with Gasteiger partial charge in [-0.3, -0.25) is 4.18 Å². The van der Waals surface area contributed by atoms with Crippen LogP contribution in [-0.2, 0) is 38.5 Å². The number of esters is 1. The Bertz CT molecular complexity index is 615. The van der Waals surface area contributed by atoms with Gasteiger partial charge in [-0.15, -0.1) is 0 Å². The van der Waals surface area contributed by atoms with E-state index in [2.05, 4.69) is 19.7 Å². The molecule has 0 amide bonds. The molecule has 14 heteroatoms. The molecule has 1 N–H and O–H groups in total. The monoisotopic (exact) mass is 371 g/mol. The van der Waals surface area contributed by atoms with Crippen LogP contribution in [0.3, 0.4) is 0 Å². The Hall–Kier alpha value is -1.22. The minimum atomic E-state index is -5.55. The highest BCUT2D eigenvalue weighted by atomic mass is 32.3. The lowest BCUT2D eigenvalue weighted by Crippen LogP contribution is -2.39. The van der Waals surface area contributed by atoms with Crippen LogP contribution in [0.2, 0.25) is 0 Å². The van der Waals surface area contributed by atoms with Crippen molar-refractivity contribution in [2.45, 2.75) is 13.0 Å². The fraction of sp³-hybridized carbons (Fsp3) is 0.625. The van der Waals surface area contributed by atoms with Crippen LogP contribution in [0.4, 0.5) is 13.2 Å². The number of rotatable bonds is 10. The summed E-state index contributed by atoms with van der Waals surface area (Å²) in [6.45, 7) is 0.646. The predicted octanol–water partition coefficient (Wildman–Crippen LogP) is -0.220. The van der Waals surface area contributed by atoms with E-state index in [0.29, 0.717) is 4.13 Å². The lowest BCUT2D eigenvalue weighted by Gasteiger charge is -2.13. The van der Waals surface area contributed by atoms with Crippen molar-refractivity contribution >= 4 is 26.6 Å². The summed E-state index contributed by atoms with van der Waals surface area (Å²) in [6, 6.07) is 0. The maximum Gasteiger partial charge on any atom is 0.398 e. The van der Waals surface area contributed by atoms with Gasteiger partial charge in [0.1, 0.15) is 13.2 Å². The fourth-order valence-electron chi connectivity index (χ4n) is 0.750. The molecule has 0 rings (SSSR count). The molecule has 0 spiro atoms. The van der Waals surface area contributed by atoms with E-state index in [0.717, 1.165) is 0 Å². The largest absolute Gasteiger partial charge is 0.460 e. The Labute approximate surface area is 124 Å². The number of halogens is 3. The van der Waals surface area contributed by atoms with E-state index >= 15 is 0 Å². The second-order valence-corrected chi connectivity index (χ2v) is 6.47. The molecular weight excluding hydrogens is 359 g/mol. The molecule has 0 bridgehead atoms. The second-order valence-electron chi connectivity index (χ2n) is 3.58. The van der Waals surface area contributed by atoms with Gasteiger partial charge in [0.05, 0.1) is 0 Å². The number of hydrogen-bond acceptors (Lipinski definition) is 8. The van der Waals surface area contributed by atoms with Gasteiger partial charge in [-0.2, -0.15) is 29.8 Å². The van der Waals surface area contributed by atoms with Crippen molar-refractivity contribution in [2.24, 2.45) is 0 Å². The summed E-state index contributed by atoms with van der Waals surface area (Å²) >= 11 is 0. The molecule has 0 atom stereocenters. The van der Waals surface area contributed by atoms with Crippen LogP contribution in [-0.4, -0.2) is 48.8 Å². The molecular formula is C8H12F3NO8S2. The van der Waals surface area contributed by atoms with Gasteiger partial charge in [0.15, 0.2) is 6.67 Å². The highest BCUT2D eigenvalue weighted by Gasteiger charge is 2.38. The van der Waals surface area contributed by atoms with E-state index in [-0.39, 0.29) is 5.57 Å². The standard InChI is InChI=1S/C8H12F3NO8S2/c1-6(2)7(13)18-3-4-19-21(14,15)12-22(16,17)20-8(10,11)5-9/h12H,1,3-5H2,2H3. The van der Waals surface area contributed by atoms with Gasteiger partial charge >= 0.3 is 32.7 Å². The minimum Gasteiger partial charge on any atom is -0.460 e. The molecule has 0 fully saturated rings. The van der Waals surface area contributed by atoms with E-state index in [1.54, 1.807) is 0 Å². The maximum atomic E-state index is 12.4. The molecule has 0 aromatic carbocycles. The molecule has 0 heterocycles. The maximum absolute atomic E-state index is 12.4. The first-order valence-corrected chi connectivity index (χ1v) is 8.02. The summed E-state index contributed by atoms with van der Waals surface area (Å²) in [5.41, 5.74) is 0.0189. The number of carbonyl (C=O) groups is 1. The Morgan fingerprint density at radius 2 is 1.73 bits per heavy atom. The first-order chi connectivity index (χ1) is 9.80. The van der Waals surface area contributed by atoms with Gasteiger partial charge in [0.2, 0.25) is 0 Å². The normalized spacial score (nSPS) is 12.9. The summed E-state index contributed by atoms with van der Waals surface area (Å²) in [7, 11) is -10.6. The molecule has 0 saturated carbocycles. The van der Waals surface area contributed by atoms with E-state index < -0.39 is 52.6 Å². The smallest absolute Gasteiger partial charge is 0.398 e. The second kappa shape index (κ2) is 7.87.